The normalized spacial score (nSPS) is 14.2. The van der Waals surface area contributed by atoms with Crippen LogP contribution in [0.2, 0.25) is 0 Å². The highest BCUT2D eigenvalue weighted by atomic mass is 16.3. The lowest BCUT2D eigenvalue weighted by Crippen LogP contribution is -2.23. The van der Waals surface area contributed by atoms with E-state index in [0.29, 0.717) is 19.4 Å². The van der Waals surface area contributed by atoms with Gasteiger partial charge in [0.2, 0.25) is 0 Å². The Morgan fingerprint density at radius 3 is 2.94 bits per heavy atom. The highest BCUT2D eigenvalue weighted by Crippen LogP contribution is 2.24. The molecular weight excluding hydrogens is 206 g/mol. The monoisotopic (exact) mass is 223 g/mol. The fourth-order valence-corrected chi connectivity index (χ4v) is 1.52. The first kappa shape index (κ1) is 12.6. The summed E-state index contributed by atoms with van der Waals surface area (Å²) in [5.41, 5.74) is -0.116. The molecule has 0 aliphatic carbocycles. The average Bonchev–Trinajstić information content (AvgIpc) is 2.30. The summed E-state index contributed by atoms with van der Waals surface area (Å²) in [6, 6.07) is 3.64. The van der Waals surface area contributed by atoms with E-state index in [1.165, 1.54) is 5.01 Å². The van der Waals surface area contributed by atoms with Crippen LogP contribution in [0.1, 0.15) is 25.3 Å². The predicted octanol–water partition coefficient (Wildman–Crippen LogP) is 1.68. The molecule has 0 amide bonds. The number of hydrogen-bond donors (Lipinski definition) is 1. The number of rotatable bonds is 6. The molecule has 0 aromatic carbocycles. The van der Waals surface area contributed by atoms with Gasteiger partial charge < -0.3 is 5.11 Å². The van der Waals surface area contributed by atoms with Crippen LogP contribution in [0.3, 0.4) is 0 Å². The summed E-state index contributed by atoms with van der Waals surface area (Å²) < 4.78 is 0. The van der Waals surface area contributed by atoms with Crippen molar-refractivity contribution >= 4 is 0 Å². The zero-order chi connectivity index (χ0) is 12.0. The van der Waals surface area contributed by atoms with Crippen LogP contribution >= 0.6 is 0 Å². The first-order valence-corrected chi connectivity index (χ1v) is 5.23. The summed E-state index contributed by atoms with van der Waals surface area (Å²) in [6.45, 7) is 2.29. The molecule has 0 fully saturated rings. The Morgan fingerprint density at radius 2 is 2.38 bits per heavy atom. The van der Waals surface area contributed by atoms with Crippen LogP contribution in [0, 0.1) is 4.91 Å². The summed E-state index contributed by atoms with van der Waals surface area (Å²) >= 11 is 0. The Hall–Kier alpha value is -1.49. The molecule has 1 aromatic heterocycles. The van der Waals surface area contributed by atoms with E-state index < -0.39 is 5.60 Å². The van der Waals surface area contributed by atoms with Crippen molar-refractivity contribution in [1.29, 1.82) is 0 Å². The van der Waals surface area contributed by atoms with Crippen molar-refractivity contribution < 1.29 is 5.11 Å². The van der Waals surface area contributed by atoms with E-state index in [0.717, 1.165) is 5.56 Å². The number of hydrogen-bond acceptors (Lipinski definition) is 4. The molecule has 16 heavy (non-hydrogen) atoms. The SMILES string of the molecule is CN(CCCC(C)(O)c1cccnc1)N=O. The molecule has 1 N–H and O–H groups in total. The lowest BCUT2D eigenvalue weighted by atomic mass is 9.92. The largest absolute Gasteiger partial charge is 0.385 e. The minimum absolute atomic E-state index is 0.542. The Labute approximate surface area is 95.1 Å². The zero-order valence-corrected chi connectivity index (χ0v) is 9.63. The quantitative estimate of drug-likeness (QED) is 0.588. The van der Waals surface area contributed by atoms with E-state index in [9.17, 15) is 10.0 Å². The van der Waals surface area contributed by atoms with Gasteiger partial charge in [0.1, 0.15) is 0 Å². The van der Waals surface area contributed by atoms with Crippen LogP contribution in [-0.2, 0) is 5.60 Å². The molecule has 88 valence electrons. The summed E-state index contributed by atoms with van der Waals surface area (Å²) in [5, 5.41) is 14.3. The first-order valence-electron chi connectivity index (χ1n) is 5.23. The van der Waals surface area contributed by atoms with Crippen molar-refractivity contribution in [3.63, 3.8) is 0 Å². The molecule has 1 aromatic rings. The van der Waals surface area contributed by atoms with Gasteiger partial charge in [0.05, 0.1) is 10.9 Å². The molecule has 0 spiro atoms. The molecular formula is C11H17N3O2. The molecule has 0 aliphatic heterocycles. The van der Waals surface area contributed by atoms with E-state index in [1.54, 1.807) is 32.4 Å². The molecule has 5 nitrogen and oxygen atoms in total. The van der Waals surface area contributed by atoms with Gasteiger partial charge in [0.15, 0.2) is 0 Å². The molecule has 1 rings (SSSR count). The van der Waals surface area contributed by atoms with Crippen molar-refractivity contribution in [3.05, 3.63) is 35.0 Å². The maximum absolute atomic E-state index is 10.2. The van der Waals surface area contributed by atoms with Gasteiger partial charge in [-0.25, -0.2) is 0 Å². The summed E-state index contributed by atoms with van der Waals surface area (Å²) in [7, 11) is 1.62. The van der Waals surface area contributed by atoms with Gasteiger partial charge in [-0.3, -0.25) is 9.99 Å². The maximum atomic E-state index is 10.2. The smallest absolute Gasteiger partial charge is 0.0884 e. The van der Waals surface area contributed by atoms with Gasteiger partial charge in [-0.1, -0.05) is 6.07 Å². The Bertz CT molecular complexity index is 327. The molecule has 0 saturated heterocycles. The Kier molecular flexibility index (Phi) is 4.37. The van der Waals surface area contributed by atoms with Crippen molar-refractivity contribution in [2.75, 3.05) is 13.6 Å². The molecule has 5 heteroatoms. The first-order chi connectivity index (χ1) is 7.56. The van der Waals surface area contributed by atoms with Gasteiger partial charge >= 0.3 is 0 Å². The van der Waals surface area contributed by atoms with Crippen molar-refractivity contribution in [2.24, 2.45) is 5.29 Å². The van der Waals surface area contributed by atoms with E-state index in [2.05, 4.69) is 10.3 Å². The molecule has 0 radical (unpaired) electrons. The van der Waals surface area contributed by atoms with Gasteiger partial charge in [-0.05, 0) is 25.8 Å². The van der Waals surface area contributed by atoms with E-state index >= 15 is 0 Å². The van der Waals surface area contributed by atoms with E-state index in [1.807, 2.05) is 6.07 Å². The third-order valence-electron chi connectivity index (χ3n) is 2.57. The standard InChI is InChI=1S/C11H17N3O2/c1-11(15,6-4-8-14(2)13-16)10-5-3-7-12-9-10/h3,5,7,9,15H,4,6,8H2,1-2H3. The third kappa shape index (κ3) is 3.58. The molecule has 0 aliphatic rings. The topological polar surface area (TPSA) is 65.8 Å². The van der Waals surface area contributed by atoms with Crippen LogP contribution in [0.25, 0.3) is 0 Å². The second-order valence-electron chi connectivity index (χ2n) is 4.08. The maximum Gasteiger partial charge on any atom is 0.0884 e. The van der Waals surface area contributed by atoms with Gasteiger partial charge in [0.25, 0.3) is 0 Å². The molecule has 1 heterocycles. The number of aliphatic hydroxyl groups is 1. The third-order valence-corrected chi connectivity index (χ3v) is 2.57. The van der Waals surface area contributed by atoms with Crippen LogP contribution in [0.5, 0.6) is 0 Å². The summed E-state index contributed by atoms with van der Waals surface area (Å²) in [5.74, 6) is 0. The second kappa shape index (κ2) is 5.55. The van der Waals surface area contributed by atoms with Gasteiger partial charge in [0, 0.05) is 31.5 Å². The van der Waals surface area contributed by atoms with E-state index in [-0.39, 0.29) is 0 Å². The van der Waals surface area contributed by atoms with Gasteiger partial charge in [-0.2, -0.15) is 0 Å². The molecule has 0 saturated carbocycles. The Balaban J connectivity index is 2.49. The summed E-state index contributed by atoms with van der Waals surface area (Å²) in [4.78, 5) is 14.1. The highest BCUT2D eigenvalue weighted by Gasteiger charge is 2.22. The average molecular weight is 223 g/mol. The summed E-state index contributed by atoms with van der Waals surface area (Å²) in [6.07, 6.45) is 4.59. The van der Waals surface area contributed by atoms with Crippen LogP contribution < -0.4 is 0 Å². The highest BCUT2D eigenvalue weighted by molar-refractivity contribution is 5.16. The van der Waals surface area contributed by atoms with Crippen LogP contribution in [-0.4, -0.2) is 28.7 Å². The lowest BCUT2D eigenvalue weighted by Gasteiger charge is -2.23. The van der Waals surface area contributed by atoms with Crippen molar-refractivity contribution in [1.82, 2.24) is 9.99 Å². The number of nitrogens with zero attached hydrogens (tertiary/aromatic N) is 3. The predicted molar refractivity (Wildman–Crippen MR) is 61.5 cm³/mol. The fourth-order valence-electron chi connectivity index (χ4n) is 1.52. The number of pyridine rings is 1. The lowest BCUT2D eigenvalue weighted by molar-refractivity contribution is 0.0428. The molecule has 1 unspecified atom stereocenters. The number of nitroso groups, excluding NO2 is 1. The number of aromatic nitrogens is 1. The van der Waals surface area contributed by atoms with Gasteiger partial charge in [-0.15, -0.1) is 4.91 Å². The fraction of sp³-hybridized carbons (Fsp3) is 0.545. The van der Waals surface area contributed by atoms with E-state index in [4.69, 9.17) is 0 Å². The second-order valence-corrected chi connectivity index (χ2v) is 4.08. The van der Waals surface area contributed by atoms with Crippen molar-refractivity contribution in [2.45, 2.75) is 25.4 Å². The minimum Gasteiger partial charge on any atom is -0.385 e. The Morgan fingerprint density at radius 1 is 1.62 bits per heavy atom. The van der Waals surface area contributed by atoms with Crippen LogP contribution in [0.4, 0.5) is 0 Å². The minimum atomic E-state index is -0.905. The molecule has 1 atom stereocenters. The van der Waals surface area contributed by atoms with Crippen LogP contribution in [0.15, 0.2) is 29.8 Å². The van der Waals surface area contributed by atoms with Crippen molar-refractivity contribution in [3.8, 4) is 0 Å². The zero-order valence-electron chi connectivity index (χ0n) is 9.63. The molecule has 0 bridgehead atoms.